The second-order valence-corrected chi connectivity index (χ2v) is 2.78. The van der Waals surface area contributed by atoms with Gasteiger partial charge in [-0.3, -0.25) is 5.32 Å². The highest BCUT2D eigenvalue weighted by atomic mass is 16.4. The number of rotatable bonds is 1. The molecular weight excluding hydrogens is 150 g/mol. The summed E-state index contributed by atoms with van der Waals surface area (Å²) in [6.45, 7) is 0.119. The zero-order chi connectivity index (χ0) is 8.43. The summed E-state index contributed by atoms with van der Waals surface area (Å²) in [4.78, 5) is 0. The first kappa shape index (κ1) is 8.89. The summed E-state index contributed by atoms with van der Waals surface area (Å²) in [6, 6.07) is 0. The van der Waals surface area contributed by atoms with Crippen molar-refractivity contribution in [1.29, 1.82) is 0 Å². The van der Waals surface area contributed by atoms with E-state index in [1.807, 2.05) is 0 Å². The van der Waals surface area contributed by atoms with Gasteiger partial charge in [0.05, 0.1) is 6.10 Å². The molecule has 1 rings (SSSR count). The molecule has 0 aromatic heterocycles. The van der Waals surface area contributed by atoms with E-state index in [1.54, 1.807) is 0 Å². The van der Waals surface area contributed by atoms with Gasteiger partial charge in [-0.15, -0.1) is 0 Å². The molecule has 5 N–H and O–H groups in total. The van der Waals surface area contributed by atoms with Crippen LogP contribution >= 0.6 is 0 Å². The maximum atomic E-state index is 9.20. The van der Waals surface area contributed by atoms with E-state index in [-0.39, 0.29) is 6.61 Å². The van der Waals surface area contributed by atoms with Crippen molar-refractivity contribution >= 4 is 0 Å². The molecule has 1 unspecified atom stereocenters. The number of aliphatic hydroxyl groups is 4. The molecule has 4 atom stereocenters. The van der Waals surface area contributed by atoms with Gasteiger partial charge in [0.2, 0.25) is 0 Å². The van der Waals surface area contributed by atoms with Crippen molar-refractivity contribution in [2.75, 3.05) is 13.2 Å². The van der Waals surface area contributed by atoms with Crippen LogP contribution in [0, 0.1) is 5.92 Å². The predicted octanol–water partition coefficient (Wildman–Crippen LogP) is -2.76. The van der Waals surface area contributed by atoms with Crippen molar-refractivity contribution < 1.29 is 20.4 Å². The molecule has 0 bridgehead atoms. The van der Waals surface area contributed by atoms with Crippen molar-refractivity contribution in [2.24, 2.45) is 5.92 Å². The minimum absolute atomic E-state index is 0.196. The summed E-state index contributed by atoms with van der Waals surface area (Å²) in [7, 11) is 0. The van der Waals surface area contributed by atoms with Crippen molar-refractivity contribution in [2.45, 2.75) is 18.4 Å². The molecule has 0 amide bonds. The van der Waals surface area contributed by atoms with Gasteiger partial charge in [0, 0.05) is 19.1 Å². The topological polar surface area (TPSA) is 93.0 Å². The normalized spacial score (nSPS) is 45.8. The number of nitrogens with one attached hydrogen (secondary N) is 1. The fourth-order valence-corrected chi connectivity index (χ4v) is 1.15. The number of hydrogen-bond donors (Lipinski definition) is 5. The van der Waals surface area contributed by atoms with Gasteiger partial charge in [-0.2, -0.15) is 0 Å². The van der Waals surface area contributed by atoms with Gasteiger partial charge >= 0.3 is 0 Å². The Bertz CT molecular complexity index is 130. The third kappa shape index (κ3) is 1.69. The predicted molar refractivity (Wildman–Crippen MR) is 36.6 cm³/mol. The lowest BCUT2D eigenvalue weighted by molar-refractivity contribution is -0.124. The molecule has 1 aliphatic heterocycles. The van der Waals surface area contributed by atoms with Crippen LogP contribution < -0.4 is 5.32 Å². The lowest BCUT2D eigenvalue weighted by atomic mass is 9.94. The molecule has 1 saturated heterocycles. The van der Waals surface area contributed by atoms with Gasteiger partial charge in [-0.25, -0.2) is 0 Å². The first-order valence-electron chi connectivity index (χ1n) is 3.55. The zero-order valence-corrected chi connectivity index (χ0v) is 6.01. The van der Waals surface area contributed by atoms with Crippen LogP contribution in [0.5, 0.6) is 0 Å². The Morgan fingerprint density at radius 1 is 1.18 bits per heavy atom. The SMILES string of the molecule is OC[C@H]1CNC(O)[C@@H](O)[C@@H]1O. The average molecular weight is 163 g/mol. The summed E-state index contributed by atoms with van der Waals surface area (Å²) in [6.07, 6.45) is -3.34. The van der Waals surface area contributed by atoms with E-state index in [4.69, 9.17) is 15.3 Å². The molecule has 1 heterocycles. The first-order chi connectivity index (χ1) is 5.16. The fraction of sp³-hybridized carbons (Fsp3) is 1.00. The fourth-order valence-electron chi connectivity index (χ4n) is 1.15. The van der Waals surface area contributed by atoms with E-state index in [2.05, 4.69) is 5.32 Å². The van der Waals surface area contributed by atoms with Crippen LogP contribution in [0.4, 0.5) is 0 Å². The Morgan fingerprint density at radius 2 is 1.82 bits per heavy atom. The minimum Gasteiger partial charge on any atom is -0.396 e. The van der Waals surface area contributed by atoms with Crippen LogP contribution in [0.1, 0.15) is 0 Å². The van der Waals surface area contributed by atoms with E-state index in [0.29, 0.717) is 6.54 Å². The van der Waals surface area contributed by atoms with Crippen LogP contribution in [-0.4, -0.2) is 52.0 Å². The van der Waals surface area contributed by atoms with Gasteiger partial charge in [0.1, 0.15) is 12.3 Å². The summed E-state index contributed by atoms with van der Waals surface area (Å²) in [5.41, 5.74) is 0. The molecule has 0 aromatic rings. The van der Waals surface area contributed by atoms with Crippen molar-refractivity contribution in [3.05, 3.63) is 0 Å². The highest BCUT2D eigenvalue weighted by Gasteiger charge is 2.35. The monoisotopic (exact) mass is 163 g/mol. The lowest BCUT2D eigenvalue weighted by Gasteiger charge is -2.34. The Balaban J connectivity index is 2.52. The standard InChI is InChI=1S/C6H13NO4/c8-2-3-1-7-6(11)5(10)4(3)9/h3-11H,1-2H2/t3-,4-,5+,6?/m1/s1. The highest BCUT2D eigenvalue weighted by Crippen LogP contribution is 2.13. The van der Waals surface area contributed by atoms with E-state index in [0.717, 1.165) is 0 Å². The summed E-state index contributed by atoms with van der Waals surface area (Å²) in [5, 5.41) is 38.5. The second-order valence-electron chi connectivity index (χ2n) is 2.78. The highest BCUT2D eigenvalue weighted by molar-refractivity contribution is 4.86. The number of aliphatic hydroxyl groups excluding tert-OH is 4. The van der Waals surface area contributed by atoms with Crippen LogP contribution in [0.15, 0.2) is 0 Å². The van der Waals surface area contributed by atoms with Crippen LogP contribution in [-0.2, 0) is 0 Å². The van der Waals surface area contributed by atoms with E-state index < -0.39 is 24.4 Å². The van der Waals surface area contributed by atoms with E-state index in [1.165, 1.54) is 0 Å². The third-order valence-corrected chi connectivity index (χ3v) is 1.98. The molecule has 5 nitrogen and oxygen atoms in total. The summed E-state index contributed by atoms with van der Waals surface area (Å²) >= 11 is 0. The Labute approximate surface area is 64.3 Å². The first-order valence-corrected chi connectivity index (χ1v) is 3.55. The lowest BCUT2D eigenvalue weighted by Crippen LogP contribution is -2.57. The van der Waals surface area contributed by atoms with Gasteiger partial charge in [0.25, 0.3) is 0 Å². The Morgan fingerprint density at radius 3 is 2.36 bits per heavy atom. The zero-order valence-electron chi connectivity index (χ0n) is 6.01. The maximum absolute atomic E-state index is 9.20. The molecule has 5 heteroatoms. The smallest absolute Gasteiger partial charge is 0.133 e. The van der Waals surface area contributed by atoms with Crippen LogP contribution in [0.25, 0.3) is 0 Å². The molecule has 0 saturated carbocycles. The molecular formula is C6H13NO4. The van der Waals surface area contributed by atoms with Gasteiger partial charge < -0.3 is 20.4 Å². The van der Waals surface area contributed by atoms with Crippen molar-refractivity contribution in [3.63, 3.8) is 0 Å². The number of piperidine rings is 1. The van der Waals surface area contributed by atoms with Crippen molar-refractivity contribution in [1.82, 2.24) is 5.32 Å². The Hall–Kier alpha value is -0.200. The molecule has 0 radical (unpaired) electrons. The third-order valence-electron chi connectivity index (χ3n) is 1.98. The maximum Gasteiger partial charge on any atom is 0.133 e. The quantitative estimate of drug-likeness (QED) is 0.289. The molecule has 1 fully saturated rings. The van der Waals surface area contributed by atoms with E-state index >= 15 is 0 Å². The minimum atomic E-state index is -1.21. The van der Waals surface area contributed by atoms with E-state index in [9.17, 15) is 5.11 Å². The van der Waals surface area contributed by atoms with Crippen LogP contribution in [0.3, 0.4) is 0 Å². The molecule has 0 spiro atoms. The largest absolute Gasteiger partial charge is 0.396 e. The van der Waals surface area contributed by atoms with Gasteiger partial charge in [-0.1, -0.05) is 0 Å². The molecule has 0 aromatic carbocycles. The molecule has 66 valence electrons. The average Bonchev–Trinajstić information content (AvgIpc) is 2.01. The molecule has 1 aliphatic rings. The molecule has 0 aliphatic carbocycles. The van der Waals surface area contributed by atoms with Gasteiger partial charge in [-0.05, 0) is 0 Å². The number of hydrogen-bond acceptors (Lipinski definition) is 5. The summed E-state index contributed by atoms with van der Waals surface area (Å²) < 4.78 is 0. The van der Waals surface area contributed by atoms with Crippen molar-refractivity contribution in [3.8, 4) is 0 Å². The second kappa shape index (κ2) is 3.46. The molecule has 11 heavy (non-hydrogen) atoms. The van der Waals surface area contributed by atoms with Crippen LogP contribution in [0.2, 0.25) is 0 Å². The van der Waals surface area contributed by atoms with Gasteiger partial charge in [0.15, 0.2) is 0 Å². The Kier molecular flexibility index (Phi) is 2.80. The summed E-state index contributed by atoms with van der Waals surface area (Å²) in [5.74, 6) is -0.395.